The van der Waals surface area contributed by atoms with Crippen LogP contribution in [0.15, 0.2) is 0 Å². The minimum Gasteiger partial charge on any atom is -0.0622 e. The molecule has 4 unspecified atom stereocenters. The Hall–Kier alpha value is 0.597. The molecule has 0 spiro atoms. The average Bonchev–Trinajstić information content (AvgIpc) is 1.98. The van der Waals surface area contributed by atoms with Crippen molar-refractivity contribution in [1.29, 1.82) is 0 Å². The summed E-state index contributed by atoms with van der Waals surface area (Å²) in [5.41, 5.74) is 0. The molecular weight excluding hydrogens is 115 g/mol. The minimum atomic E-state index is 0. The zero-order valence-corrected chi connectivity index (χ0v) is 8.02. The minimum absolute atomic E-state index is 0. The van der Waals surface area contributed by atoms with Gasteiger partial charge in [-0.15, -0.1) is 0 Å². The molecule has 0 amide bonds. The molecule has 0 aliphatic heterocycles. The Kier molecular flexibility index (Phi) is 4.07. The Bertz CT molecular complexity index is 88.9. The van der Waals surface area contributed by atoms with Crippen molar-refractivity contribution in [1.82, 2.24) is 0 Å². The van der Waals surface area contributed by atoms with Crippen LogP contribution in [-0.4, -0.2) is 18.9 Å². The molecule has 1 radical (unpaired) electrons. The molecule has 1 aliphatic carbocycles. The summed E-state index contributed by atoms with van der Waals surface area (Å²) in [6, 6.07) is 0. The second kappa shape index (κ2) is 3.84. The molecule has 0 heterocycles. The van der Waals surface area contributed by atoms with E-state index in [1.165, 1.54) is 6.42 Å². The zero-order chi connectivity index (χ0) is 7.02. The fourth-order valence-electron chi connectivity index (χ4n) is 2.05. The topological polar surface area (TPSA) is 0 Å². The first-order chi connectivity index (χ1) is 4.13. The van der Waals surface area contributed by atoms with Crippen LogP contribution in [0.25, 0.3) is 0 Å². The smallest absolute Gasteiger partial charge is 0 e. The van der Waals surface area contributed by atoms with Gasteiger partial charge < -0.3 is 0 Å². The van der Waals surface area contributed by atoms with Crippen LogP contribution in [0.4, 0.5) is 0 Å². The first-order valence-electron chi connectivity index (χ1n) is 4.13. The number of hydrogen-bond donors (Lipinski definition) is 0. The molecule has 0 aromatic heterocycles. The van der Waals surface area contributed by atoms with Crippen molar-refractivity contribution in [3.8, 4) is 0 Å². The van der Waals surface area contributed by atoms with E-state index in [0.29, 0.717) is 0 Å². The van der Waals surface area contributed by atoms with Gasteiger partial charge in [-0.3, -0.25) is 0 Å². The van der Waals surface area contributed by atoms with Gasteiger partial charge in [0.25, 0.3) is 0 Å². The summed E-state index contributed by atoms with van der Waals surface area (Å²) >= 11 is 0. The second-order valence-corrected chi connectivity index (χ2v) is 3.91. The van der Waals surface area contributed by atoms with Gasteiger partial charge in [-0.05, 0) is 30.1 Å². The van der Waals surface area contributed by atoms with Gasteiger partial charge in [0.15, 0.2) is 0 Å². The standard InChI is InChI=1S/C9H18.Li/c1-6-5-7(2)9(4)8(6)3;/h6-9H,5H2,1-4H3;. The van der Waals surface area contributed by atoms with E-state index >= 15 is 0 Å². The predicted octanol–water partition coefficient (Wildman–Crippen LogP) is 2.55. The first kappa shape index (κ1) is 10.6. The van der Waals surface area contributed by atoms with Crippen LogP contribution in [-0.2, 0) is 0 Å². The summed E-state index contributed by atoms with van der Waals surface area (Å²) < 4.78 is 0. The maximum absolute atomic E-state index is 2.39. The largest absolute Gasteiger partial charge is 0.0622 e. The van der Waals surface area contributed by atoms with E-state index in [1.54, 1.807) is 0 Å². The quantitative estimate of drug-likeness (QED) is 0.445. The van der Waals surface area contributed by atoms with Crippen molar-refractivity contribution < 1.29 is 0 Å². The Labute approximate surface area is 77.0 Å². The molecule has 0 aromatic carbocycles. The Morgan fingerprint density at radius 3 is 1.20 bits per heavy atom. The normalized spacial score (nSPS) is 46.8. The van der Waals surface area contributed by atoms with Crippen molar-refractivity contribution >= 4 is 18.9 Å². The molecule has 0 nitrogen and oxygen atoms in total. The Morgan fingerprint density at radius 1 is 0.800 bits per heavy atom. The van der Waals surface area contributed by atoms with E-state index < -0.39 is 0 Å². The molecule has 55 valence electrons. The van der Waals surface area contributed by atoms with Crippen LogP contribution < -0.4 is 0 Å². The van der Waals surface area contributed by atoms with Crippen molar-refractivity contribution in [2.24, 2.45) is 23.7 Å². The third-order valence-corrected chi connectivity index (χ3v) is 3.37. The summed E-state index contributed by atoms with van der Waals surface area (Å²) in [5, 5.41) is 0. The molecule has 10 heavy (non-hydrogen) atoms. The van der Waals surface area contributed by atoms with Crippen LogP contribution in [0.1, 0.15) is 34.1 Å². The van der Waals surface area contributed by atoms with E-state index in [-0.39, 0.29) is 18.9 Å². The van der Waals surface area contributed by atoms with Gasteiger partial charge in [-0.25, -0.2) is 0 Å². The molecule has 1 saturated carbocycles. The van der Waals surface area contributed by atoms with Gasteiger partial charge in [-0.1, -0.05) is 27.7 Å². The van der Waals surface area contributed by atoms with Crippen LogP contribution >= 0.6 is 0 Å². The molecule has 4 atom stereocenters. The summed E-state index contributed by atoms with van der Waals surface area (Å²) in [4.78, 5) is 0. The van der Waals surface area contributed by atoms with E-state index in [4.69, 9.17) is 0 Å². The molecule has 0 bridgehead atoms. The van der Waals surface area contributed by atoms with Crippen molar-refractivity contribution in [3.05, 3.63) is 0 Å². The van der Waals surface area contributed by atoms with Gasteiger partial charge in [-0.2, -0.15) is 0 Å². The molecule has 0 N–H and O–H groups in total. The maximum Gasteiger partial charge on any atom is 0 e. The monoisotopic (exact) mass is 133 g/mol. The predicted molar refractivity (Wildman–Crippen MR) is 47.0 cm³/mol. The van der Waals surface area contributed by atoms with Gasteiger partial charge >= 0.3 is 0 Å². The van der Waals surface area contributed by atoms with E-state index in [0.717, 1.165) is 23.7 Å². The summed E-state index contributed by atoms with van der Waals surface area (Å²) in [6.07, 6.45) is 1.45. The van der Waals surface area contributed by atoms with Gasteiger partial charge in [0, 0.05) is 18.9 Å². The van der Waals surface area contributed by atoms with Crippen LogP contribution in [0.5, 0.6) is 0 Å². The summed E-state index contributed by atoms with van der Waals surface area (Å²) in [6.45, 7) is 9.53. The molecule has 0 aromatic rings. The van der Waals surface area contributed by atoms with Gasteiger partial charge in [0.2, 0.25) is 0 Å². The Morgan fingerprint density at radius 2 is 1.10 bits per heavy atom. The molecular formula is C9H18Li. The maximum atomic E-state index is 2.39. The third-order valence-electron chi connectivity index (χ3n) is 3.37. The fraction of sp³-hybridized carbons (Fsp3) is 1.00. The molecule has 1 rings (SSSR count). The SMILES string of the molecule is CC1CC(C)C(C)C1C.[Li]. The molecule has 1 fully saturated rings. The first-order valence-corrected chi connectivity index (χ1v) is 4.13. The van der Waals surface area contributed by atoms with Gasteiger partial charge in [0.05, 0.1) is 0 Å². The van der Waals surface area contributed by atoms with Crippen LogP contribution in [0, 0.1) is 23.7 Å². The summed E-state index contributed by atoms with van der Waals surface area (Å²) in [5.74, 6) is 3.85. The van der Waals surface area contributed by atoms with Crippen LogP contribution in [0.2, 0.25) is 0 Å². The van der Waals surface area contributed by atoms with Gasteiger partial charge in [0.1, 0.15) is 0 Å². The number of rotatable bonds is 0. The van der Waals surface area contributed by atoms with E-state index in [1.807, 2.05) is 0 Å². The average molecular weight is 133 g/mol. The van der Waals surface area contributed by atoms with Crippen molar-refractivity contribution in [2.75, 3.05) is 0 Å². The third kappa shape index (κ3) is 1.80. The van der Waals surface area contributed by atoms with Crippen molar-refractivity contribution in [3.63, 3.8) is 0 Å². The zero-order valence-electron chi connectivity index (χ0n) is 8.02. The number of hydrogen-bond acceptors (Lipinski definition) is 0. The van der Waals surface area contributed by atoms with Crippen LogP contribution in [0.3, 0.4) is 0 Å². The fourth-order valence-corrected chi connectivity index (χ4v) is 2.05. The van der Waals surface area contributed by atoms with E-state index in [2.05, 4.69) is 27.7 Å². The van der Waals surface area contributed by atoms with Crippen molar-refractivity contribution in [2.45, 2.75) is 34.1 Å². The summed E-state index contributed by atoms with van der Waals surface area (Å²) in [7, 11) is 0. The molecule has 1 aliphatic rings. The van der Waals surface area contributed by atoms with E-state index in [9.17, 15) is 0 Å². The molecule has 0 saturated heterocycles. The Balaban J connectivity index is 0.000000810. The molecule has 1 heteroatoms. The second-order valence-electron chi connectivity index (χ2n) is 3.91.